The quantitative estimate of drug-likeness (QED) is 0.747. The highest BCUT2D eigenvalue weighted by Crippen LogP contribution is 2.22. The molecule has 1 fully saturated rings. The van der Waals surface area contributed by atoms with Gasteiger partial charge in [0, 0.05) is 35.0 Å². The molecule has 1 rings (SSSR count). The van der Waals surface area contributed by atoms with Crippen molar-refractivity contribution in [3.63, 3.8) is 0 Å². The molecule has 0 bridgehead atoms. The van der Waals surface area contributed by atoms with E-state index in [9.17, 15) is 4.21 Å². The molecule has 4 heteroatoms. The number of methoxy groups -OCH3 is 1. The summed E-state index contributed by atoms with van der Waals surface area (Å²) in [6.07, 6.45) is 4.62. The van der Waals surface area contributed by atoms with Gasteiger partial charge in [-0.15, -0.1) is 0 Å². The summed E-state index contributed by atoms with van der Waals surface area (Å²) < 4.78 is 16.8. The number of nitrogens with one attached hydrogen (secondary N) is 1. The third-order valence-corrected chi connectivity index (χ3v) is 4.64. The summed E-state index contributed by atoms with van der Waals surface area (Å²) in [4.78, 5) is 0. The SMILES string of the molecule is CNC1CCCC(S(=O)CCOC)C1. The molecule has 1 aliphatic rings. The monoisotopic (exact) mass is 219 g/mol. The highest BCUT2D eigenvalue weighted by molar-refractivity contribution is 7.85. The molecule has 0 saturated heterocycles. The third-order valence-electron chi connectivity index (χ3n) is 2.89. The lowest BCUT2D eigenvalue weighted by molar-refractivity contribution is 0.217. The minimum atomic E-state index is -0.694. The van der Waals surface area contributed by atoms with Crippen molar-refractivity contribution in [2.24, 2.45) is 0 Å². The van der Waals surface area contributed by atoms with Crippen LogP contribution in [0.15, 0.2) is 0 Å². The Hall–Kier alpha value is 0.0700. The Balaban J connectivity index is 2.31. The Morgan fingerprint density at radius 1 is 1.50 bits per heavy atom. The molecule has 0 aromatic heterocycles. The molecule has 3 unspecified atom stereocenters. The Labute approximate surface area is 89.1 Å². The standard InChI is InChI=1S/C10H21NO2S/c1-11-9-4-3-5-10(8-9)14(12)7-6-13-2/h9-11H,3-8H2,1-2H3. The summed E-state index contributed by atoms with van der Waals surface area (Å²) in [7, 11) is 2.96. The van der Waals surface area contributed by atoms with Gasteiger partial charge in [0.25, 0.3) is 0 Å². The maximum atomic E-state index is 11.8. The summed E-state index contributed by atoms with van der Waals surface area (Å²) in [6, 6.07) is 0.570. The minimum Gasteiger partial charge on any atom is -0.384 e. The van der Waals surface area contributed by atoms with E-state index in [1.54, 1.807) is 7.11 Å². The largest absolute Gasteiger partial charge is 0.384 e. The van der Waals surface area contributed by atoms with Crippen LogP contribution in [0.3, 0.4) is 0 Å². The fourth-order valence-corrected chi connectivity index (χ4v) is 3.52. The van der Waals surface area contributed by atoms with Crippen LogP contribution in [0.25, 0.3) is 0 Å². The van der Waals surface area contributed by atoms with Gasteiger partial charge < -0.3 is 10.1 Å². The maximum Gasteiger partial charge on any atom is 0.0577 e. The van der Waals surface area contributed by atoms with E-state index in [0.29, 0.717) is 23.7 Å². The van der Waals surface area contributed by atoms with Crippen LogP contribution in [0.2, 0.25) is 0 Å². The van der Waals surface area contributed by atoms with Gasteiger partial charge in [0.15, 0.2) is 0 Å². The first-order chi connectivity index (χ1) is 6.77. The highest BCUT2D eigenvalue weighted by atomic mass is 32.2. The second-order valence-corrected chi connectivity index (χ2v) is 5.69. The molecule has 3 atom stereocenters. The summed E-state index contributed by atoms with van der Waals surface area (Å²) in [6.45, 7) is 0.618. The molecule has 0 aromatic rings. The van der Waals surface area contributed by atoms with Gasteiger partial charge in [-0.05, 0) is 26.3 Å². The lowest BCUT2D eigenvalue weighted by atomic mass is 9.95. The highest BCUT2D eigenvalue weighted by Gasteiger charge is 2.24. The van der Waals surface area contributed by atoms with E-state index in [0.717, 1.165) is 12.8 Å². The van der Waals surface area contributed by atoms with E-state index < -0.39 is 10.8 Å². The Kier molecular flexibility index (Phi) is 5.67. The van der Waals surface area contributed by atoms with E-state index in [4.69, 9.17) is 4.74 Å². The predicted molar refractivity (Wildman–Crippen MR) is 60.0 cm³/mol. The molecule has 1 aliphatic carbocycles. The van der Waals surface area contributed by atoms with Crippen LogP contribution in [-0.2, 0) is 15.5 Å². The first-order valence-electron chi connectivity index (χ1n) is 5.31. The van der Waals surface area contributed by atoms with E-state index in [1.807, 2.05) is 7.05 Å². The second-order valence-electron chi connectivity index (χ2n) is 3.85. The molecule has 0 radical (unpaired) electrons. The lowest BCUT2D eigenvalue weighted by Crippen LogP contribution is -2.36. The van der Waals surface area contributed by atoms with Gasteiger partial charge in [-0.1, -0.05) is 6.42 Å². The van der Waals surface area contributed by atoms with Crippen LogP contribution in [0, 0.1) is 0 Å². The lowest BCUT2D eigenvalue weighted by Gasteiger charge is -2.28. The van der Waals surface area contributed by atoms with Gasteiger partial charge >= 0.3 is 0 Å². The van der Waals surface area contributed by atoms with E-state index in [2.05, 4.69) is 5.32 Å². The van der Waals surface area contributed by atoms with Crippen molar-refractivity contribution >= 4 is 10.8 Å². The summed E-state index contributed by atoms with van der Waals surface area (Å²) in [5.41, 5.74) is 0. The molecule has 0 aromatic carbocycles. The van der Waals surface area contributed by atoms with Crippen molar-refractivity contribution in [2.75, 3.05) is 26.5 Å². The summed E-state index contributed by atoms with van der Waals surface area (Å²) in [5.74, 6) is 0.692. The van der Waals surface area contributed by atoms with Crippen LogP contribution < -0.4 is 5.32 Å². The van der Waals surface area contributed by atoms with Crippen LogP contribution in [-0.4, -0.2) is 42.0 Å². The van der Waals surface area contributed by atoms with Crippen LogP contribution in [0.4, 0.5) is 0 Å². The molecular weight excluding hydrogens is 198 g/mol. The summed E-state index contributed by atoms with van der Waals surface area (Å²) >= 11 is 0. The van der Waals surface area contributed by atoms with Crippen molar-refractivity contribution in [1.82, 2.24) is 5.32 Å². The third kappa shape index (κ3) is 3.67. The van der Waals surface area contributed by atoms with Gasteiger partial charge in [0.2, 0.25) is 0 Å². The number of ether oxygens (including phenoxy) is 1. The van der Waals surface area contributed by atoms with Gasteiger partial charge in [0.05, 0.1) is 6.61 Å². The molecule has 0 spiro atoms. The molecular formula is C10H21NO2S. The first kappa shape index (κ1) is 12.1. The molecule has 0 amide bonds. The molecule has 1 saturated carbocycles. The van der Waals surface area contributed by atoms with Crippen LogP contribution >= 0.6 is 0 Å². The van der Waals surface area contributed by atoms with Crippen molar-refractivity contribution < 1.29 is 8.95 Å². The van der Waals surface area contributed by atoms with Gasteiger partial charge in [-0.2, -0.15) is 0 Å². The van der Waals surface area contributed by atoms with E-state index in [-0.39, 0.29) is 0 Å². The zero-order valence-corrected chi connectivity index (χ0v) is 9.94. The fraction of sp³-hybridized carbons (Fsp3) is 1.00. The Bertz CT molecular complexity index is 187. The van der Waals surface area contributed by atoms with Crippen LogP contribution in [0.1, 0.15) is 25.7 Å². The number of hydrogen-bond acceptors (Lipinski definition) is 3. The molecule has 14 heavy (non-hydrogen) atoms. The summed E-state index contributed by atoms with van der Waals surface area (Å²) in [5, 5.41) is 3.66. The number of hydrogen-bond donors (Lipinski definition) is 1. The molecule has 0 heterocycles. The Morgan fingerprint density at radius 3 is 2.93 bits per heavy atom. The minimum absolute atomic E-state index is 0.386. The van der Waals surface area contributed by atoms with Gasteiger partial charge in [0.1, 0.15) is 0 Å². The van der Waals surface area contributed by atoms with Crippen molar-refractivity contribution in [3.8, 4) is 0 Å². The topological polar surface area (TPSA) is 38.3 Å². The molecule has 84 valence electrons. The first-order valence-corrected chi connectivity index (χ1v) is 6.69. The number of rotatable bonds is 5. The molecule has 1 N–H and O–H groups in total. The average molecular weight is 219 g/mol. The zero-order chi connectivity index (χ0) is 10.4. The normalized spacial score (nSPS) is 30.1. The fourth-order valence-electron chi connectivity index (χ4n) is 1.98. The van der Waals surface area contributed by atoms with E-state index in [1.165, 1.54) is 12.8 Å². The van der Waals surface area contributed by atoms with Gasteiger partial charge in [-0.25, -0.2) is 0 Å². The van der Waals surface area contributed by atoms with E-state index >= 15 is 0 Å². The Morgan fingerprint density at radius 2 is 2.29 bits per heavy atom. The second kappa shape index (κ2) is 6.53. The predicted octanol–water partition coefficient (Wildman–Crippen LogP) is 0.912. The zero-order valence-electron chi connectivity index (χ0n) is 9.12. The van der Waals surface area contributed by atoms with Crippen LogP contribution in [0.5, 0.6) is 0 Å². The molecule has 0 aliphatic heterocycles. The maximum absolute atomic E-state index is 11.8. The van der Waals surface area contributed by atoms with Crippen molar-refractivity contribution in [3.05, 3.63) is 0 Å². The van der Waals surface area contributed by atoms with Gasteiger partial charge in [-0.3, -0.25) is 4.21 Å². The van der Waals surface area contributed by atoms with Crippen molar-refractivity contribution in [1.29, 1.82) is 0 Å². The average Bonchev–Trinajstić information content (AvgIpc) is 2.26. The molecule has 3 nitrogen and oxygen atoms in total. The smallest absolute Gasteiger partial charge is 0.0577 e. The van der Waals surface area contributed by atoms with Crippen molar-refractivity contribution in [2.45, 2.75) is 37.0 Å².